The number of aromatic nitrogens is 1. The summed E-state index contributed by atoms with van der Waals surface area (Å²) < 4.78 is 0. The molecule has 0 fully saturated rings. The Morgan fingerprint density at radius 3 is 3.00 bits per heavy atom. The number of rotatable bonds is 3. The van der Waals surface area contributed by atoms with Gasteiger partial charge >= 0.3 is 0 Å². The second-order valence-electron chi connectivity index (χ2n) is 2.60. The monoisotopic (exact) mass is 159 g/mol. The van der Waals surface area contributed by atoms with Gasteiger partial charge in [-0.15, -0.1) is 11.8 Å². The molecule has 0 spiro atoms. The lowest BCUT2D eigenvalue weighted by Crippen LogP contribution is -1.87. The zero-order chi connectivity index (χ0) is 8.65. The fraction of sp³-hybridized carbons (Fsp3) is 0.364. The SMILES string of the molecule is CC#CCCCc1ccccn1. The van der Waals surface area contributed by atoms with Crippen LogP contribution >= 0.6 is 0 Å². The molecular formula is C11H13N. The van der Waals surface area contributed by atoms with Crippen LogP contribution in [-0.2, 0) is 6.42 Å². The van der Waals surface area contributed by atoms with Crippen molar-refractivity contribution in [3.05, 3.63) is 30.1 Å². The molecule has 0 saturated carbocycles. The van der Waals surface area contributed by atoms with Crippen molar-refractivity contribution in [2.45, 2.75) is 26.2 Å². The standard InChI is InChI=1S/C11H13N/c1-2-3-4-5-8-11-9-6-7-10-12-11/h6-7,9-10H,4-5,8H2,1H3. The van der Waals surface area contributed by atoms with Crippen LogP contribution in [0.15, 0.2) is 24.4 Å². The number of nitrogens with zero attached hydrogens (tertiary/aromatic N) is 1. The van der Waals surface area contributed by atoms with Crippen molar-refractivity contribution in [3.63, 3.8) is 0 Å². The average Bonchev–Trinajstić information content (AvgIpc) is 2.14. The van der Waals surface area contributed by atoms with Crippen LogP contribution < -0.4 is 0 Å². The van der Waals surface area contributed by atoms with Crippen molar-refractivity contribution >= 4 is 0 Å². The topological polar surface area (TPSA) is 12.9 Å². The first-order valence-electron chi connectivity index (χ1n) is 4.23. The number of aryl methyl sites for hydroxylation is 1. The minimum atomic E-state index is 0.979. The molecule has 0 aliphatic carbocycles. The van der Waals surface area contributed by atoms with Gasteiger partial charge in [-0.3, -0.25) is 4.98 Å². The van der Waals surface area contributed by atoms with Crippen LogP contribution in [0.1, 0.15) is 25.5 Å². The highest BCUT2D eigenvalue weighted by molar-refractivity contribution is 5.04. The van der Waals surface area contributed by atoms with Gasteiger partial charge in [0, 0.05) is 18.3 Å². The molecule has 12 heavy (non-hydrogen) atoms. The number of hydrogen-bond donors (Lipinski definition) is 0. The Morgan fingerprint density at radius 2 is 2.33 bits per heavy atom. The normalized spacial score (nSPS) is 8.75. The number of unbranched alkanes of at least 4 members (excludes halogenated alkanes) is 1. The van der Waals surface area contributed by atoms with Gasteiger partial charge < -0.3 is 0 Å². The van der Waals surface area contributed by atoms with Crippen LogP contribution in [0, 0.1) is 11.8 Å². The molecule has 0 N–H and O–H groups in total. The van der Waals surface area contributed by atoms with Gasteiger partial charge in [-0.05, 0) is 31.9 Å². The maximum Gasteiger partial charge on any atom is 0.0403 e. The molecule has 0 bridgehead atoms. The van der Waals surface area contributed by atoms with E-state index in [0.717, 1.165) is 25.0 Å². The Bertz CT molecular complexity index is 266. The first-order valence-corrected chi connectivity index (χ1v) is 4.23. The zero-order valence-corrected chi connectivity index (χ0v) is 7.38. The summed E-state index contributed by atoms with van der Waals surface area (Å²) in [6.45, 7) is 1.88. The van der Waals surface area contributed by atoms with Crippen LogP contribution in [-0.4, -0.2) is 4.98 Å². The molecule has 0 atom stereocenters. The summed E-state index contributed by atoms with van der Waals surface area (Å²) in [7, 11) is 0. The highest BCUT2D eigenvalue weighted by atomic mass is 14.7. The molecule has 1 aromatic heterocycles. The third kappa shape index (κ3) is 3.21. The number of pyridine rings is 1. The molecular weight excluding hydrogens is 146 g/mol. The van der Waals surface area contributed by atoms with Gasteiger partial charge in [0.15, 0.2) is 0 Å². The van der Waals surface area contributed by atoms with Crippen molar-refractivity contribution in [1.82, 2.24) is 4.98 Å². The van der Waals surface area contributed by atoms with Crippen LogP contribution in [0.3, 0.4) is 0 Å². The predicted molar refractivity (Wildman–Crippen MR) is 50.6 cm³/mol. The van der Waals surface area contributed by atoms with E-state index in [0.29, 0.717) is 0 Å². The van der Waals surface area contributed by atoms with E-state index >= 15 is 0 Å². The quantitative estimate of drug-likeness (QED) is 0.487. The average molecular weight is 159 g/mol. The molecule has 0 saturated heterocycles. The Kier molecular flexibility index (Phi) is 3.94. The Labute approximate surface area is 73.8 Å². The van der Waals surface area contributed by atoms with Crippen LogP contribution in [0.25, 0.3) is 0 Å². The number of hydrogen-bond acceptors (Lipinski definition) is 1. The molecule has 1 heteroatoms. The lowest BCUT2D eigenvalue weighted by atomic mass is 10.2. The van der Waals surface area contributed by atoms with E-state index in [4.69, 9.17) is 0 Å². The van der Waals surface area contributed by atoms with Crippen LogP contribution in [0.4, 0.5) is 0 Å². The van der Waals surface area contributed by atoms with Crippen molar-refractivity contribution in [3.8, 4) is 11.8 Å². The lowest BCUT2D eigenvalue weighted by molar-refractivity contribution is 0.830. The highest BCUT2D eigenvalue weighted by Gasteiger charge is 1.90. The lowest BCUT2D eigenvalue weighted by Gasteiger charge is -1.95. The molecule has 1 heterocycles. The molecule has 1 nitrogen and oxygen atoms in total. The molecule has 0 unspecified atom stereocenters. The minimum absolute atomic E-state index is 0.979. The van der Waals surface area contributed by atoms with E-state index in [1.54, 1.807) is 0 Å². The van der Waals surface area contributed by atoms with E-state index < -0.39 is 0 Å². The molecule has 0 aliphatic heterocycles. The first kappa shape index (κ1) is 8.80. The second kappa shape index (κ2) is 5.37. The minimum Gasteiger partial charge on any atom is -0.261 e. The Hall–Kier alpha value is -1.29. The van der Waals surface area contributed by atoms with E-state index in [2.05, 4.69) is 22.9 Å². The van der Waals surface area contributed by atoms with Gasteiger partial charge in [-0.2, -0.15) is 0 Å². The van der Waals surface area contributed by atoms with Gasteiger partial charge in [-0.1, -0.05) is 6.07 Å². The van der Waals surface area contributed by atoms with Gasteiger partial charge in [0.25, 0.3) is 0 Å². The summed E-state index contributed by atoms with van der Waals surface area (Å²) in [6, 6.07) is 6.02. The largest absolute Gasteiger partial charge is 0.261 e. The zero-order valence-electron chi connectivity index (χ0n) is 7.38. The first-order chi connectivity index (χ1) is 5.93. The predicted octanol–water partition coefficient (Wildman–Crippen LogP) is 2.43. The Balaban J connectivity index is 2.27. The van der Waals surface area contributed by atoms with Crippen molar-refractivity contribution < 1.29 is 0 Å². The molecule has 0 aliphatic rings. The van der Waals surface area contributed by atoms with E-state index in [-0.39, 0.29) is 0 Å². The second-order valence-corrected chi connectivity index (χ2v) is 2.60. The molecule has 0 aromatic carbocycles. The summed E-state index contributed by atoms with van der Waals surface area (Å²) >= 11 is 0. The van der Waals surface area contributed by atoms with Gasteiger partial charge in [0.2, 0.25) is 0 Å². The Morgan fingerprint density at radius 1 is 1.42 bits per heavy atom. The van der Waals surface area contributed by atoms with Crippen molar-refractivity contribution in [2.24, 2.45) is 0 Å². The van der Waals surface area contributed by atoms with Crippen molar-refractivity contribution in [1.29, 1.82) is 0 Å². The fourth-order valence-corrected chi connectivity index (χ4v) is 1.03. The molecule has 0 radical (unpaired) electrons. The summed E-state index contributed by atoms with van der Waals surface area (Å²) in [4.78, 5) is 4.23. The van der Waals surface area contributed by atoms with Gasteiger partial charge in [-0.25, -0.2) is 0 Å². The summed E-state index contributed by atoms with van der Waals surface area (Å²) in [5, 5.41) is 0. The third-order valence-electron chi connectivity index (χ3n) is 1.64. The van der Waals surface area contributed by atoms with E-state index in [1.807, 2.05) is 25.3 Å². The van der Waals surface area contributed by atoms with Crippen molar-refractivity contribution in [2.75, 3.05) is 0 Å². The van der Waals surface area contributed by atoms with Crippen LogP contribution in [0.5, 0.6) is 0 Å². The summed E-state index contributed by atoms with van der Waals surface area (Å²) in [5.41, 5.74) is 1.16. The smallest absolute Gasteiger partial charge is 0.0403 e. The van der Waals surface area contributed by atoms with Crippen LogP contribution in [0.2, 0.25) is 0 Å². The highest BCUT2D eigenvalue weighted by Crippen LogP contribution is 1.99. The van der Waals surface area contributed by atoms with E-state index in [9.17, 15) is 0 Å². The van der Waals surface area contributed by atoms with E-state index in [1.165, 1.54) is 0 Å². The maximum absolute atomic E-state index is 4.23. The van der Waals surface area contributed by atoms with Gasteiger partial charge in [0.05, 0.1) is 0 Å². The molecule has 1 rings (SSSR count). The molecule has 62 valence electrons. The van der Waals surface area contributed by atoms with Gasteiger partial charge in [0.1, 0.15) is 0 Å². The summed E-state index contributed by atoms with van der Waals surface area (Å²) in [5.74, 6) is 5.92. The maximum atomic E-state index is 4.23. The summed E-state index contributed by atoms with van der Waals surface area (Å²) in [6.07, 6.45) is 4.96. The molecule has 1 aromatic rings. The molecule has 0 amide bonds. The third-order valence-corrected chi connectivity index (χ3v) is 1.64. The fourth-order valence-electron chi connectivity index (χ4n) is 1.03.